The lowest BCUT2D eigenvalue weighted by Gasteiger charge is -2.16. The van der Waals surface area contributed by atoms with E-state index in [2.05, 4.69) is 10.4 Å². The minimum Gasteiger partial charge on any atom is -0.493 e. The molecular weight excluding hydrogens is 350 g/mol. The van der Waals surface area contributed by atoms with Gasteiger partial charge in [0.1, 0.15) is 5.82 Å². The van der Waals surface area contributed by atoms with Crippen molar-refractivity contribution >= 4 is 17.7 Å². The molecule has 1 heterocycles. The zero-order valence-electron chi connectivity index (χ0n) is 16.2. The number of carbonyl (C=O) groups excluding carboxylic acids is 2. The molecule has 27 heavy (non-hydrogen) atoms. The van der Waals surface area contributed by atoms with E-state index in [1.54, 1.807) is 29.1 Å². The Kier molecular flexibility index (Phi) is 6.81. The topological polar surface area (TPSA) is 91.7 Å². The first-order chi connectivity index (χ1) is 12.9. The van der Waals surface area contributed by atoms with Crippen LogP contribution in [0.3, 0.4) is 0 Å². The Morgan fingerprint density at radius 2 is 1.93 bits per heavy atom. The molecule has 8 heteroatoms. The summed E-state index contributed by atoms with van der Waals surface area (Å²) in [4.78, 5) is 24.7. The molecule has 2 rings (SSSR count). The van der Waals surface area contributed by atoms with Crippen LogP contribution < -0.4 is 14.8 Å². The zero-order valence-corrected chi connectivity index (χ0v) is 16.2. The lowest BCUT2D eigenvalue weighted by molar-refractivity contribution is -0.123. The lowest BCUT2D eigenvalue weighted by atomic mass is 10.2. The number of benzene rings is 1. The summed E-state index contributed by atoms with van der Waals surface area (Å²) >= 11 is 0. The second kappa shape index (κ2) is 9.07. The summed E-state index contributed by atoms with van der Waals surface area (Å²) in [5.41, 5.74) is 0.270. The van der Waals surface area contributed by atoms with Crippen LogP contribution in [0.4, 0.5) is 5.82 Å². The van der Waals surface area contributed by atoms with E-state index in [-0.39, 0.29) is 11.6 Å². The quantitative estimate of drug-likeness (QED) is 0.713. The summed E-state index contributed by atoms with van der Waals surface area (Å²) in [6, 6.07) is 6.48. The highest BCUT2D eigenvalue weighted by Gasteiger charge is 2.21. The van der Waals surface area contributed by atoms with Gasteiger partial charge in [0.2, 0.25) is 0 Å². The van der Waals surface area contributed by atoms with Crippen molar-refractivity contribution in [1.82, 2.24) is 9.78 Å². The molecule has 1 N–H and O–H groups in total. The third-order valence-corrected chi connectivity index (χ3v) is 3.76. The van der Waals surface area contributed by atoms with E-state index >= 15 is 0 Å². The average Bonchev–Trinajstić information content (AvgIpc) is 3.10. The number of aromatic nitrogens is 2. The van der Waals surface area contributed by atoms with Gasteiger partial charge in [0, 0.05) is 12.1 Å². The van der Waals surface area contributed by atoms with E-state index < -0.39 is 18.0 Å². The van der Waals surface area contributed by atoms with E-state index in [4.69, 9.17) is 14.2 Å². The highest BCUT2D eigenvalue weighted by atomic mass is 16.5. The smallest absolute Gasteiger partial charge is 0.339 e. The summed E-state index contributed by atoms with van der Waals surface area (Å²) in [5, 5.41) is 6.87. The van der Waals surface area contributed by atoms with Crippen molar-refractivity contribution in [2.24, 2.45) is 0 Å². The zero-order chi connectivity index (χ0) is 20.0. The normalized spacial score (nSPS) is 11.8. The van der Waals surface area contributed by atoms with Gasteiger partial charge in [-0.3, -0.25) is 4.79 Å². The van der Waals surface area contributed by atoms with Crippen LogP contribution in [-0.4, -0.2) is 41.5 Å². The summed E-state index contributed by atoms with van der Waals surface area (Å²) < 4.78 is 17.6. The summed E-state index contributed by atoms with van der Waals surface area (Å²) in [6.07, 6.45) is 0.615. The number of nitrogens with one attached hydrogen (secondary N) is 1. The van der Waals surface area contributed by atoms with Crippen molar-refractivity contribution in [1.29, 1.82) is 0 Å². The van der Waals surface area contributed by atoms with E-state index in [9.17, 15) is 9.59 Å². The van der Waals surface area contributed by atoms with Gasteiger partial charge in [0.25, 0.3) is 5.91 Å². The maximum Gasteiger partial charge on any atom is 0.339 e. The number of hydrogen-bond donors (Lipinski definition) is 1. The predicted molar refractivity (Wildman–Crippen MR) is 100 cm³/mol. The first kappa shape index (κ1) is 20.3. The van der Waals surface area contributed by atoms with Crippen molar-refractivity contribution in [2.45, 2.75) is 39.8 Å². The minimum atomic E-state index is -0.981. The highest BCUT2D eigenvalue weighted by Crippen LogP contribution is 2.28. The van der Waals surface area contributed by atoms with Gasteiger partial charge in [-0.25, -0.2) is 9.48 Å². The van der Waals surface area contributed by atoms with Crippen LogP contribution in [0.1, 0.15) is 44.1 Å². The van der Waals surface area contributed by atoms with E-state index in [0.717, 1.165) is 0 Å². The molecule has 0 saturated heterocycles. The Balaban J connectivity index is 2.05. The predicted octanol–water partition coefficient (Wildman–Crippen LogP) is 3.06. The fourth-order valence-corrected chi connectivity index (χ4v) is 2.41. The molecule has 0 unspecified atom stereocenters. The number of ether oxygens (including phenoxy) is 3. The molecule has 1 aromatic carbocycles. The molecule has 0 radical (unpaired) electrons. The summed E-state index contributed by atoms with van der Waals surface area (Å²) in [5.74, 6) is 0.428. The monoisotopic (exact) mass is 375 g/mol. The molecule has 0 fully saturated rings. The minimum absolute atomic E-state index is 0.0874. The van der Waals surface area contributed by atoms with Crippen LogP contribution in [0.5, 0.6) is 11.5 Å². The fourth-order valence-electron chi connectivity index (χ4n) is 2.41. The van der Waals surface area contributed by atoms with Gasteiger partial charge in [-0.15, -0.1) is 0 Å². The molecule has 146 valence electrons. The Bertz CT molecular complexity index is 800. The number of anilines is 1. The molecule has 2 aromatic rings. The van der Waals surface area contributed by atoms with Crippen LogP contribution in [0, 0.1) is 0 Å². The van der Waals surface area contributed by atoms with Crippen molar-refractivity contribution < 1.29 is 23.8 Å². The first-order valence-electron chi connectivity index (χ1n) is 8.73. The van der Waals surface area contributed by atoms with Crippen LogP contribution in [0.2, 0.25) is 0 Å². The van der Waals surface area contributed by atoms with Gasteiger partial charge in [0.05, 0.1) is 25.5 Å². The van der Waals surface area contributed by atoms with E-state index in [0.29, 0.717) is 23.9 Å². The molecule has 8 nitrogen and oxygen atoms in total. The highest BCUT2D eigenvalue weighted by molar-refractivity contribution is 5.97. The molecular formula is C19H25N3O5. The summed E-state index contributed by atoms with van der Waals surface area (Å²) in [6.45, 7) is 7.67. The van der Waals surface area contributed by atoms with Gasteiger partial charge in [0.15, 0.2) is 17.6 Å². The van der Waals surface area contributed by atoms with Crippen LogP contribution in [0.25, 0.3) is 0 Å². The molecule has 0 aliphatic rings. The lowest BCUT2D eigenvalue weighted by Crippen LogP contribution is -2.31. The number of rotatable bonds is 8. The van der Waals surface area contributed by atoms with Crippen molar-refractivity contribution in [3.63, 3.8) is 0 Å². The van der Waals surface area contributed by atoms with Gasteiger partial charge in [-0.2, -0.15) is 5.10 Å². The second-order valence-electron chi connectivity index (χ2n) is 6.09. The van der Waals surface area contributed by atoms with E-state index in [1.165, 1.54) is 20.1 Å². The number of amides is 1. The molecule has 1 atom stereocenters. The number of hydrogen-bond acceptors (Lipinski definition) is 6. The third kappa shape index (κ3) is 4.99. The molecule has 0 bridgehead atoms. The Hall–Kier alpha value is -3.03. The van der Waals surface area contributed by atoms with Crippen molar-refractivity contribution in [2.75, 3.05) is 19.0 Å². The summed E-state index contributed by atoms with van der Waals surface area (Å²) in [7, 11) is 1.52. The SMILES string of the molecule is CCOc1cc(C(=O)O[C@H](C)C(=O)Nc2ccnn2C(C)C)ccc1OC. The van der Waals surface area contributed by atoms with Gasteiger partial charge >= 0.3 is 5.97 Å². The molecule has 0 spiro atoms. The maximum atomic E-state index is 12.4. The Morgan fingerprint density at radius 3 is 2.56 bits per heavy atom. The van der Waals surface area contributed by atoms with E-state index in [1.807, 2.05) is 20.8 Å². The number of nitrogens with zero attached hydrogens (tertiary/aromatic N) is 2. The van der Waals surface area contributed by atoms with Gasteiger partial charge in [-0.05, 0) is 45.9 Å². The van der Waals surface area contributed by atoms with Crippen LogP contribution in [-0.2, 0) is 9.53 Å². The number of methoxy groups -OCH3 is 1. The van der Waals surface area contributed by atoms with Crippen LogP contribution >= 0.6 is 0 Å². The van der Waals surface area contributed by atoms with Gasteiger partial charge in [-0.1, -0.05) is 0 Å². The molecule has 0 saturated carbocycles. The largest absolute Gasteiger partial charge is 0.493 e. The number of carbonyl (C=O) groups is 2. The standard InChI is InChI=1S/C19H25N3O5/c1-6-26-16-11-14(7-8-15(16)25-5)19(24)27-13(4)18(23)21-17-9-10-20-22(17)12(2)3/h7-13H,6H2,1-5H3,(H,21,23)/t13-/m1/s1. The third-order valence-electron chi connectivity index (χ3n) is 3.76. The van der Waals surface area contributed by atoms with Crippen molar-refractivity contribution in [3.8, 4) is 11.5 Å². The Morgan fingerprint density at radius 1 is 1.19 bits per heavy atom. The molecule has 1 amide bonds. The fraction of sp³-hybridized carbons (Fsp3) is 0.421. The maximum absolute atomic E-state index is 12.4. The molecule has 0 aliphatic carbocycles. The number of esters is 1. The van der Waals surface area contributed by atoms with Gasteiger partial charge < -0.3 is 19.5 Å². The average molecular weight is 375 g/mol. The Labute approximate surface area is 158 Å². The molecule has 1 aromatic heterocycles. The second-order valence-corrected chi connectivity index (χ2v) is 6.09. The van der Waals surface area contributed by atoms with Crippen LogP contribution in [0.15, 0.2) is 30.5 Å². The molecule has 0 aliphatic heterocycles. The first-order valence-corrected chi connectivity index (χ1v) is 8.73. The van der Waals surface area contributed by atoms with Crippen molar-refractivity contribution in [3.05, 3.63) is 36.0 Å².